The zero-order valence-electron chi connectivity index (χ0n) is 10.4. The van der Waals surface area contributed by atoms with Crippen molar-refractivity contribution in [3.8, 4) is 0 Å². The van der Waals surface area contributed by atoms with Crippen LogP contribution in [-0.4, -0.2) is 15.0 Å². The fourth-order valence-corrected chi connectivity index (χ4v) is 3.86. The molecular weight excluding hydrogens is 284 g/mol. The van der Waals surface area contributed by atoms with Gasteiger partial charge in [-0.05, 0) is 42.3 Å². The van der Waals surface area contributed by atoms with Gasteiger partial charge in [-0.15, -0.1) is 0 Å². The molecule has 0 atom stereocenters. The van der Waals surface area contributed by atoms with Crippen molar-refractivity contribution in [1.29, 1.82) is 0 Å². The molecule has 3 rings (SSSR count). The third-order valence-corrected chi connectivity index (χ3v) is 5.12. The van der Waals surface area contributed by atoms with Crippen molar-refractivity contribution in [2.45, 2.75) is 11.3 Å². The van der Waals surface area contributed by atoms with E-state index in [4.69, 9.17) is 0 Å². The lowest BCUT2D eigenvalue weighted by Gasteiger charge is -2.20. The Morgan fingerprint density at radius 1 is 1.00 bits per heavy atom. The van der Waals surface area contributed by atoms with Crippen molar-refractivity contribution in [3.63, 3.8) is 0 Å². The molecule has 2 aromatic rings. The zero-order chi connectivity index (χ0) is 14.3. The Morgan fingerprint density at radius 2 is 1.70 bits per heavy atom. The van der Waals surface area contributed by atoms with E-state index in [9.17, 15) is 17.2 Å². The maximum absolute atomic E-state index is 13.9. The largest absolute Gasteiger partial charge is 0.264 e. The van der Waals surface area contributed by atoms with E-state index in [1.807, 2.05) is 0 Å². The summed E-state index contributed by atoms with van der Waals surface area (Å²) in [4.78, 5) is -0.0463. The molecule has 0 radical (unpaired) electrons. The molecule has 1 heterocycles. The van der Waals surface area contributed by atoms with Crippen LogP contribution in [0.1, 0.15) is 5.56 Å². The quantitative estimate of drug-likeness (QED) is 0.854. The highest BCUT2D eigenvalue weighted by Crippen LogP contribution is 2.34. The highest BCUT2D eigenvalue weighted by molar-refractivity contribution is 7.92. The van der Waals surface area contributed by atoms with Gasteiger partial charge in [-0.3, -0.25) is 4.31 Å². The van der Waals surface area contributed by atoms with Crippen LogP contribution in [0.25, 0.3) is 0 Å². The number of benzene rings is 2. The van der Waals surface area contributed by atoms with Gasteiger partial charge in [0.25, 0.3) is 10.0 Å². The van der Waals surface area contributed by atoms with E-state index in [-0.39, 0.29) is 17.1 Å². The Morgan fingerprint density at radius 3 is 2.40 bits per heavy atom. The molecule has 0 unspecified atom stereocenters. The first-order chi connectivity index (χ1) is 9.50. The molecule has 0 N–H and O–H groups in total. The van der Waals surface area contributed by atoms with Gasteiger partial charge in [0.15, 0.2) is 0 Å². The molecule has 1 aliphatic heterocycles. The fraction of sp³-hybridized carbons (Fsp3) is 0.143. The van der Waals surface area contributed by atoms with E-state index >= 15 is 0 Å². The van der Waals surface area contributed by atoms with Crippen molar-refractivity contribution >= 4 is 15.7 Å². The van der Waals surface area contributed by atoms with E-state index in [1.165, 1.54) is 18.2 Å². The van der Waals surface area contributed by atoms with E-state index in [0.717, 1.165) is 16.4 Å². The van der Waals surface area contributed by atoms with Crippen LogP contribution in [0.5, 0.6) is 0 Å². The van der Waals surface area contributed by atoms with E-state index in [1.54, 1.807) is 12.1 Å². The molecule has 0 aromatic heterocycles. The number of halogens is 2. The monoisotopic (exact) mass is 295 g/mol. The maximum atomic E-state index is 13.9. The minimum atomic E-state index is -3.86. The third kappa shape index (κ3) is 1.96. The van der Waals surface area contributed by atoms with Crippen LogP contribution < -0.4 is 4.31 Å². The minimum absolute atomic E-state index is 0.0463. The highest BCUT2D eigenvalue weighted by Gasteiger charge is 2.32. The second-order valence-corrected chi connectivity index (χ2v) is 6.39. The molecule has 0 saturated carbocycles. The average molecular weight is 295 g/mol. The summed E-state index contributed by atoms with van der Waals surface area (Å²) in [5, 5.41) is 0. The number of hydrogen-bond acceptors (Lipinski definition) is 2. The van der Waals surface area contributed by atoms with Gasteiger partial charge < -0.3 is 0 Å². The molecule has 0 amide bonds. The van der Waals surface area contributed by atoms with Gasteiger partial charge in [-0.1, -0.05) is 12.1 Å². The molecule has 0 bridgehead atoms. The van der Waals surface area contributed by atoms with Crippen LogP contribution in [0.3, 0.4) is 0 Å². The summed E-state index contributed by atoms with van der Waals surface area (Å²) in [7, 11) is -3.86. The molecule has 1 aliphatic rings. The van der Waals surface area contributed by atoms with Crippen molar-refractivity contribution in [1.82, 2.24) is 0 Å². The van der Waals surface area contributed by atoms with Gasteiger partial charge >= 0.3 is 0 Å². The highest BCUT2D eigenvalue weighted by atomic mass is 32.2. The van der Waals surface area contributed by atoms with E-state index in [2.05, 4.69) is 0 Å². The number of para-hydroxylation sites is 1. The first-order valence-electron chi connectivity index (χ1n) is 6.06. The van der Waals surface area contributed by atoms with Crippen molar-refractivity contribution in [3.05, 3.63) is 59.7 Å². The summed E-state index contributed by atoms with van der Waals surface area (Å²) in [6, 6.07) is 9.02. The average Bonchev–Trinajstić information content (AvgIpc) is 2.85. The lowest BCUT2D eigenvalue weighted by Crippen LogP contribution is -2.29. The van der Waals surface area contributed by atoms with Gasteiger partial charge in [-0.25, -0.2) is 17.2 Å². The Balaban J connectivity index is 2.09. The SMILES string of the molecule is O=S(=O)(c1ccc(F)cc1)N1CCc2cccc(F)c21. The topological polar surface area (TPSA) is 37.4 Å². The maximum Gasteiger partial charge on any atom is 0.264 e. The minimum Gasteiger partial charge on any atom is -0.263 e. The molecule has 0 spiro atoms. The van der Waals surface area contributed by atoms with Crippen LogP contribution in [0.4, 0.5) is 14.5 Å². The Kier molecular flexibility index (Phi) is 2.97. The second-order valence-electron chi connectivity index (χ2n) is 4.53. The number of anilines is 1. The Bertz CT molecular complexity index is 757. The van der Waals surface area contributed by atoms with Crippen LogP contribution in [-0.2, 0) is 16.4 Å². The summed E-state index contributed by atoms with van der Waals surface area (Å²) in [6.45, 7) is 0.190. The van der Waals surface area contributed by atoms with Gasteiger partial charge in [0.2, 0.25) is 0 Å². The van der Waals surface area contributed by atoms with E-state index < -0.39 is 21.7 Å². The fourth-order valence-electron chi connectivity index (χ4n) is 2.35. The second kappa shape index (κ2) is 4.56. The summed E-state index contributed by atoms with van der Waals surface area (Å²) in [6.07, 6.45) is 0.466. The first kappa shape index (κ1) is 13.1. The molecular formula is C14H11F2NO2S. The number of hydrogen-bond donors (Lipinski definition) is 0. The molecule has 0 fully saturated rings. The van der Waals surface area contributed by atoms with Gasteiger partial charge in [0.05, 0.1) is 10.6 Å². The first-order valence-corrected chi connectivity index (χ1v) is 7.50. The van der Waals surface area contributed by atoms with Gasteiger partial charge in [0.1, 0.15) is 11.6 Å². The predicted octanol–water partition coefficient (Wildman–Crippen LogP) is 2.72. The Labute approximate surface area is 115 Å². The zero-order valence-corrected chi connectivity index (χ0v) is 11.2. The molecule has 0 saturated heterocycles. The van der Waals surface area contributed by atoms with Crippen molar-refractivity contribution in [2.24, 2.45) is 0 Å². The summed E-state index contributed by atoms with van der Waals surface area (Å²) < 4.78 is 52.8. The normalized spacial score (nSPS) is 14.4. The number of fused-ring (bicyclic) bond motifs is 1. The van der Waals surface area contributed by atoms with Crippen molar-refractivity contribution in [2.75, 3.05) is 10.8 Å². The summed E-state index contributed by atoms with van der Waals surface area (Å²) in [5.74, 6) is -1.08. The molecule has 104 valence electrons. The smallest absolute Gasteiger partial charge is 0.263 e. The molecule has 20 heavy (non-hydrogen) atoms. The van der Waals surface area contributed by atoms with Crippen LogP contribution in [0.15, 0.2) is 47.4 Å². The van der Waals surface area contributed by atoms with Gasteiger partial charge in [0, 0.05) is 6.54 Å². The summed E-state index contributed by atoms with van der Waals surface area (Å²) >= 11 is 0. The van der Waals surface area contributed by atoms with Crippen LogP contribution in [0, 0.1) is 11.6 Å². The molecule has 2 aromatic carbocycles. The molecule has 6 heteroatoms. The summed E-state index contributed by atoms with van der Waals surface area (Å²) in [5.41, 5.74) is 0.757. The van der Waals surface area contributed by atoms with Crippen molar-refractivity contribution < 1.29 is 17.2 Å². The Hall–Kier alpha value is -1.95. The lowest BCUT2D eigenvalue weighted by molar-refractivity contribution is 0.587. The number of rotatable bonds is 2. The molecule has 0 aliphatic carbocycles. The predicted molar refractivity (Wildman–Crippen MR) is 71.0 cm³/mol. The standard InChI is InChI=1S/C14H11F2NO2S/c15-11-4-6-12(7-5-11)20(18,19)17-9-8-10-2-1-3-13(16)14(10)17/h1-7H,8-9H2. The number of sulfonamides is 1. The number of nitrogens with zero attached hydrogens (tertiary/aromatic N) is 1. The third-order valence-electron chi connectivity index (χ3n) is 3.31. The van der Waals surface area contributed by atoms with Gasteiger partial charge in [-0.2, -0.15) is 0 Å². The van der Waals surface area contributed by atoms with E-state index in [0.29, 0.717) is 12.0 Å². The van der Waals surface area contributed by atoms with Crippen LogP contribution >= 0.6 is 0 Å². The molecule has 3 nitrogen and oxygen atoms in total. The lowest BCUT2D eigenvalue weighted by atomic mass is 10.2. The van der Waals surface area contributed by atoms with Crippen LogP contribution in [0.2, 0.25) is 0 Å².